The van der Waals surface area contributed by atoms with E-state index in [0.717, 1.165) is 24.8 Å². The summed E-state index contributed by atoms with van der Waals surface area (Å²) in [7, 11) is 0. The van der Waals surface area contributed by atoms with E-state index < -0.39 is 11.4 Å². The molecule has 0 saturated heterocycles. The summed E-state index contributed by atoms with van der Waals surface area (Å²) >= 11 is 1.40. The highest BCUT2D eigenvalue weighted by Crippen LogP contribution is 2.36. The number of hydrogen-bond donors (Lipinski definition) is 2. The lowest BCUT2D eigenvalue weighted by Crippen LogP contribution is -2.52. The zero-order valence-electron chi connectivity index (χ0n) is 11.2. The van der Waals surface area contributed by atoms with Crippen molar-refractivity contribution >= 4 is 23.2 Å². The Morgan fingerprint density at radius 2 is 2.21 bits per heavy atom. The zero-order chi connectivity index (χ0) is 14.0. The van der Waals surface area contributed by atoms with Crippen molar-refractivity contribution in [3.8, 4) is 0 Å². The third-order valence-electron chi connectivity index (χ3n) is 4.07. The molecule has 1 aliphatic carbocycles. The van der Waals surface area contributed by atoms with Crippen LogP contribution in [-0.4, -0.2) is 23.0 Å². The fraction of sp³-hybridized carbons (Fsp3) is 0.571. The van der Waals surface area contributed by atoms with Gasteiger partial charge in [0.25, 0.3) is 5.91 Å². The molecule has 1 saturated carbocycles. The molecule has 19 heavy (non-hydrogen) atoms. The van der Waals surface area contributed by atoms with Crippen molar-refractivity contribution in [3.63, 3.8) is 0 Å². The van der Waals surface area contributed by atoms with Crippen LogP contribution in [0.3, 0.4) is 0 Å². The van der Waals surface area contributed by atoms with Crippen molar-refractivity contribution in [2.75, 3.05) is 0 Å². The summed E-state index contributed by atoms with van der Waals surface area (Å²) in [5.41, 5.74) is 0.0920. The number of aryl methyl sites for hydroxylation is 1. The van der Waals surface area contributed by atoms with E-state index in [4.69, 9.17) is 0 Å². The molecule has 1 aromatic heterocycles. The second-order valence-electron chi connectivity index (χ2n) is 5.43. The molecule has 4 nitrogen and oxygen atoms in total. The minimum Gasteiger partial charge on any atom is -0.481 e. The number of carboxylic acid groups (broad SMARTS) is 1. The molecule has 2 unspecified atom stereocenters. The molecule has 1 fully saturated rings. The molecule has 5 heteroatoms. The topological polar surface area (TPSA) is 66.4 Å². The number of rotatable bonds is 3. The largest absolute Gasteiger partial charge is 0.481 e. The first-order chi connectivity index (χ1) is 8.95. The molecule has 1 aromatic rings. The van der Waals surface area contributed by atoms with Gasteiger partial charge in [-0.2, -0.15) is 0 Å². The average molecular weight is 281 g/mol. The molecule has 2 N–H and O–H groups in total. The van der Waals surface area contributed by atoms with Crippen LogP contribution in [0.5, 0.6) is 0 Å². The molecule has 1 aliphatic rings. The van der Waals surface area contributed by atoms with Crippen LogP contribution in [0.2, 0.25) is 0 Å². The summed E-state index contributed by atoms with van der Waals surface area (Å²) in [5.74, 6) is -0.965. The maximum Gasteiger partial charge on any atom is 0.311 e. The van der Waals surface area contributed by atoms with Gasteiger partial charge in [0, 0.05) is 6.04 Å². The number of amides is 1. The Bertz CT molecular complexity index is 497. The summed E-state index contributed by atoms with van der Waals surface area (Å²) < 4.78 is 0. The molecule has 0 aromatic carbocycles. The van der Waals surface area contributed by atoms with Gasteiger partial charge in [0.1, 0.15) is 0 Å². The van der Waals surface area contributed by atoms with Gasteiger partial charge in [-0.15, -0.1) is 11.3 Å². The van der Waals surface area contributed by atoms with Crippen LogP contribution in [0.25, 0.3) is 0 Å². The molecule has 2 atom stereocenters. The first-order valence-corrected chi connectivity index (χ1v) is 7.41. The minimum atomic E-state index is -0.848. The van der Waals surface area contributed by atoms with Crippen LogP contribution in [-0.2, 0) is 4.79 Å². The van der Waals surface area contributed by atoms with Crippen LogP contribution in [0, 0.1) is 12.3 Å². The molecular formula is C14H19NO3S. The number of thiophene rings is 1. The fourth-order valence-corrected chi connectivity index (χ4v) is 3.48. The molecular weight excluding hydrogens is 262 g/mol. The highest BCUT2D eigenvalue weighted by Gasteiger charge is 2.44. The molecule has 0 aliphatic heterocycles. The lowest BCUT2D eigenvalue weighted by atomic mass is 9.71. The van der Waals surface area contributed by atoms with Gasteiger partial charge in [-0.1, -0.05) is 12.8 Å². The predicted octanol–water partition coefficient (Wildman–Crippen LogP) is 2.82. The van der Waals surface area contributed by atoms with E-state index in [0.29, 0.717) is 11.3 Å². The molecule has 2 rings (SSSR count). The molecule has 104 valence electrons. The fourth-order valence-electron chi connectivity index (χ4n) is 2.65. The molecule has 1 heterocycles. The Labute approximate surface area is 116 Å². The molecule has 0 spiro atoms. The number of carboxylic acids is 1. The van der Waals surface area contributed by atoms with Crippen molar-refractivity contribution in [1.82, 2.24) is 5.32 Å². The summed E-state index contributed by atoms with van der Waals surface area (Å²) in [4.78, 5) is 24.4. The van der Waals surface area contributed by atoms with E-state index in [2.05, 4.69) is 5.32 Å². The van der Waals surface area contributed by atoms with Gasteiger partial charge in [0.15, 0.2) is 0 Å². The average Bonchev–Trinajstić information content (AvgIpc) is 2.78. The summed E-state index contributed by atoms with van der Waals surface area (Å²) in [6.07, 6.45) is 3.24. The molecule has 1 amide bonds. The monoisotopic (exact) mass is 281 g/mol. The quantitative estimate of drug-likeness (QED) is 0.895. The normalized spacial score (nSPS) is 26.9. The van der Waals surface area contributed by atoms with Gasteiger partial charge in [0.05, 0.1) is 10.3 Å². The minimum absolute atomic E-state index is 0.146. The van der Waals surface area contributed by atoms with Gasteiger partial charge < -0.3 is 10.4 Å². The highest BCUT2D eigenvalue weighted by molar-refractivity contribution is 7.12. The van der Waals surface area contributed by atoms with Gasteiger partial charge in [-0.05, 0) is 43.7 Å². The van der Waals surface area contributed by atoms with Crippen LogP contribution in [0.1, 0.15) is 47.8 Å². The zero-order valence-corrected chi connectivity index (χ0v) is 12.0. The van der Waals surface area contributed by atoms with Crippen LogP contribution in [0.4, 0.5) is 0 Å². The number of nitrogens with one attached hydrogen (secondary N) is 1. The second-order valence-corrected chi connectivity index (χ2v) is 6.34. The smallest absolute Gasteiger partial charge is 0.311 e. The van der Waals surface area contributed by atoms with E-state index in [9.17, 15) is 14.7 Å². The van der Waals surface area contributed by atoms with Crippen molar-refractivity contribution in [2.24, 2.45) is 5.41 Å². The number of carbonyl (C=O) groups excluding carboxylic acids is 1. The van der Waals surface area contributed by atoms with E-state index in [1.165, 1.54) is 11.3 Å². The number of aliphatic carboxylic acids is 1. The predicted molar refractivity (Wildman–Crippen MR) is 74.5 cm³/mol. The molecule has 0 bridgehead atoms. The first kappa shape index (κ1) is 14.1. The maximum absolute atomic E-state index is 12.2. The van der Waals surface area contributed by atoms with Gasteiger partial charge in [0.2, 0.25) is 0 Å². The van der Waals surface area contributed by atoms with E-state index in [1.807, 2.05) is 18.4 Å². The Kier molecular flexibility index (Phi) is 3.94. The van der Waals surface area contributed by atoms with Crippen molar-refractivity contribution in [1.29, 1.82) is 0 Å². The Hall–Kier alpha value is -1.36. The van der Waals surface area contributed by atoms with E-state index in [-0.39, 0.29) is 11.9 Å². The highest BCUT2D eigenvalue weighted by atomic mass is 32.1. The SMILES string of the molecule is Cc1ccsc1C(=O)NC1CCCCC1(C)C(=O)O. The van der Waals surface area contributed by atoms with Crippen molar-refractivity contribution < 1.29 is 14.7 Å². The Morgan fingerprint density at radius 3 is 2.79 bits per heavy atom. The second kappa shape index (κ2) is 5.33. The van der Waals surface area contributed by atoms with Crippen molar-refractivity contribution in [2.45, 2.75) is 45.6 Å². The Morgan fingerprint density at radius 1 is 1.47 bits per heavy atom. The summed E-state index contributed by atoms with van der Waals surface area (Å²) in [6.45, 7) is 3.63. The van der Waals surface area contributed by atoms with Gasteiger partial charge >= 0.3 is 5.97 Å². The van der Waals surface area contributed by atoms with Crippen molar-refractivity contribution in [3.05, 3.63) is 21.9 Å². The third-order valence-corrected chi connectivity index (χ3v) is 5.09. The summed E-state index contributed by atoms with van der Waals surface area (Å²) in [6, 6.07) is 1.62. The van der Waals surface area contributed by atoms with E-state index in [1.54, 1.807) is 6.92 Å². The van der Waals surface area contributed by atoms with Gasteiger partial charge in [-0.3, -0.25) is 9.59 Å². The third kappa shape index (κ3) is 2.66. The van der Waals surface area contributed by atoms with E-state index >= 15 is 0 Å². The standard InChI is InChI=1S/C14H19NO3S/c1-9-6-8-19-11(9)12(16)15-10-5-3-4-7-14(10,2)13(17)18/h6,8,10H,3-5,7H2,1-2H3,(H,15,16)(H,17,18). The molecule has 0 radical (unpaired) electrons. The van der Waals surface area contributed by atoms with Crippen LogP contribution >= 0.6 is 11.3 Å². The van der Waals surface area contributed by atoms with Crippen LogP contribution in [0.15, 0.2) is 11.4 Å². The summed E-state index contributed by atoms with van der Waals surface area (Å²) in [5, 5.41) is 14.2. The maximum atomic E-state index is 12.2. The number of hydrogen-bond acceptors (Lipinski definition) is 3. The van der Waals surface area contributed by atoms with Gasteiger partial charge in [-0.25, -0.2) is 0 Å². The van der Waals surface area contributed by atoms with Crippen LogP contribution < -0.4 is 5.32 Å². The first-order valence-electron chi connectivity index (χ1n) is 6.53. The Balaban J connectivity index is 2.15. The lowest BCUT2D eigenvalue weighted by molar-refractivity contribution is -0.151. The lowest BCUT2D eigenvalue weighted by Gasteiger charge is -2.38. The number of carbonyl (C=O) groups is 2.